The Kier molecular flexibility index (Phi) is 2.02. The highest BCUT2D eigenvalue weighted by atomic mass is 16.3. The van der Waals surface area contributed by atoms with Crippen LogP contribution in [-0.2, 0) is 7.05 Å². The third-order valence-corrected chi connectivity index (χ3v) is 3.33. The van der Waals surface area contributed by atoms with E-state index in [2.05, 4.69) is 16.3 Å². The van der Waals surface area contributed by atoms with Crippen LogP contribution in [0.1, 0.15) is 17.9 Å². The van der Waals surface area contributed by atoms with Gasteiger partial charge in [0.15, 0.2) is 0 Å². The summed E-state index contributed by atoms with van der Waals surface area (Å²) in [6, 6.07) is 6.20. The average molecular weight is 215 g/mol. The van der Waals surface area contributed by atoms with Crippen LogP contribution in [0.25, 0.3) is 10.9 Å². The fourth-order valence-corrected chi connectivity index (χ4v) is 2.43. The smallest absolute Gasteiger partial charge is 0.0926 e. The molecule has 4 nitrogen and oxygen atoms in total. The fourth-order valence-electron chi connectivity index (χ4n) is 2.43. The first-order valence-corrected chi connectivity index (χ1v) is 5.51. The maximum absolute atomic E-state index is 10.2. The molecule has 2 aromatic rings. The first-order valence-electron chi connectivity index (χ1n) is 5.51. The van der Waals surface area contributed by atoms with Crippen molar-refractivity contribution in [2.75, 3.05) is 6.54 Å². The summed E-state index contributed by atoms with van der Waals surface area (Å²) >= 11 is 0. The Morgan fingerprint density at radius 3 is 3.25 bits per heavy atom. The van der Waals surface area contributed by atoms with Gasteiger partial charge in [-0.3, -0.25) is 4.68 Å². The van der Waals surface area contributed by atoms with Crippen molar-refractivity contribution >= 4 is 10.9 Å². The third-order valence-electron chi connectivity index (χ3n) is 3.33. The zero-order chi connectivity index (χ0) is 11.1. The topological polar surface area (TPSA) is 47.2 Å². The molecule has 0 bridgehead atoms. The van der Waals surface area contributed by atoms with Crippen LogP contribution >= 0.6 is 0 Å². The highest BCUT2D eigenvalue weighted by Gasteiger charge is 2.39. The van der Waals surface area contributed by atoms with Gasteiger partial charge in [0.25, 0.3) is 0 Å². The Morgan fingerprint density at radius 1 is 1.56 bits per heavy atom. The molecule has 1 saturated carbocycles. The van der Waals surface area contributed by atoms with E-state index in [0.29, 0.717) is 18.4 Å². The van der Waals surface area contributed by atoms with Gasteiger partial charge in [0.1, 0.15) is 0 Å². The van der Waals surface area contributed by atoms with Crippen LogP contribution in [0.3, 0.4) is 0 Å². The molecule has 0 spiro atoms. The van der Waals surface area contributed by atoms with Crippen molar-refractivity contribution < 1.29 is 0 Å². The van der Waals surface area contributed by atoms with Crippen LogP contribution in [0.2, 0.25) is 0 Å². The first kappa shape index (κ1) is 9.51. The van der Waals surface area contributed by atoms with Crippen molar-refractivity contribution in [1.29, 1.82) is 0 Å². The summed E-state index contributed by atoms with van der Waals surface area (Å²) in [6.07, 6.45) is 3.13. The predicted molar refractivity (Wildman–Crippen MR) is 62.2 cm³/mol. The number of aryl methyl sites for hydroxylation is 1. The van der Waals surface area contributed by atoms with E-state index < -0.39 is 0 Å². The van der Waals surface area contributed by atoms with E-state index >= 15 is 0 Å². The molecule has 0 saturated heterocycles. The van der Waals surface area contributed by atoms with Crippen LogP contribution in [-0.4, -0.2) is 16.3 Å². The number of benzene rings is 1. The van der Waals surface area contributed by atoms with Gasteiger partial charge in [0.05, 0.1) is 12.1 Å². The molecule has 0 amide bonds. The zero-order valence-electron chi connectivity index (χ0n) is 9.13. The largest absolute Gasteiger partial charge is 0.275 e. The molecule has 1 fully saturated rings. The molecule has 4 heteroatoms. The first-order chi connectivity index (χ1) is 7.79. The number of aromatic nitrogens is 2. The molecule has 0 aliphatic heterocycles. The summed E-state index contributed by atoms with van der Waals surface area (Å²) in [4.78, 5) is 10.2. The third kappa shape index (κ3) is 1.41. The van der Waals surface area contributed by atoms with Crippen LogP contribution < -0.4 is 0 Å². The van der Waals surface area contributed by atoms with E-state index in [9.17, 15) is 4.91 Å². The molecule has 0 radical (unpaired) electrons. The number of rotatable bonds is 3. The van der Waals surface area contributed by atoms with E-state index in [-0.39, 0.29) is 0 Å². The quantitative estimate of drug-likeness (QED) is 0.738. The molecule has 16 heavy (non-hydrogen) atoms. The van der Waals surface area contributed by atoms with Gasteiger partial charge in [-0.2, -0.15) is 10.0 Å². The van der Waals surface area contributed by atoms with Gasteiger partial charge in [-0.25, -0.2) is 0 Å². The van der Waals surface area contributed by atoms with Gasteiger partial charge in [-0.1, -0.05) is 17.3 Å². The monoisotopic (exact) mass is 215 g/mol. The summed E-state index contributed by atoms with van der Waals surface area (Å²) in [5, 5.41) is 8.59. The van der Waals surface area contributed by atoms with Crippen LogP contribution in [0.5, 0.6) is 0 Å². The van der Waals surface area contributed by atoms with Crippen molar-refractivity contribution in [3.63, 3.8) is 0 Å². The van der Waals surface area contributed by atoms with Crippen LogP contribution in [0, 0.1) is 10.8 Å². The fraction of sp³-hybridized carbons (Fsp3) is 0.417. The normalized spacial score (nSPS) is 23.6. The maximum atomic E-state index is 10.2. The van der Waals surface area contributed by atoms with E-state index in [1.807, 2.05) is 30.1 Å². The highest BCUT2D eigenvalue weighted by Crippen LogP contribution is 2.49. The summed E-state index contributed by atoms with van der Waals surface area (Å²) < 4.78 is 1.84. The van der Waals surface area contributed by atoms with Gasteiger partial charge in [0, 0.05) is 18.6 Å². The molecule has 2 atom stereocenters. The summed E-state index contributed by atoms with van der Waals surface area (Å²) in [7, 11) is 1.93. The molecule has 82 valence electrons. The minimum absolute atomic E-state index is 0.446. The zero-order valence-corrected chi connectivity index (χ0v) is 9.13. The standard InChI is InChI=1S/C12H13N3O/c1-15-7-11-9(3-2-4-12(11)14-15)10-5-8(10)6-13-16/h2-4,7-8,10H,5-6H2,1H3. The molecular weight excluding hydrogens is 202 g/mol. The Bertz CT molecular complexity index is 546. The highest BCUT2D eigenvalue weighted by molar-refractivity contribution is 5.82. The van der Waals surface area contributed by atoms with Crippen molar-refractivity contribution in [2.45, 2.75) is 12.3 Å². The van der Waals surface area contributed by atoms with Gasteiger partial charge in [0.2, 0.25) is 0 Å². The SMILES string of the molecule is Cn1cc2c(C3CC3CN=O)cccc2n1. The Balaban J connectivity index is 2.01. The lowest BCUT2D eigenvalue weighted by Crippen LogP contribution is -1.87. The van der Waals surface area contributed by atoms with Gasteiger partial charge in [-0.05, 0) is 29.9 Å². The molecular formula is C12H13N3O. The van der Waals surface area contributed by atoms with Crippen LogP contribution in [0.15, 0.2) is 29.6 Å². The van der Waals surface area contributed by atoms with Gasteiger partial charge in [-0.15, -0.1) is 0 Å². The van der Waals surface area contributed by atoms with E-state index in [1.165, 1.54) is 10.9 Å². The minimum Gasteiger partial charge on any atom is -0.275 e. The average Bonchev–Trinajstić information content (AvgIpc) is 2.90. The van der Waals surface area contributed by atoms with E-state index in [1.54, 1.807) is 0 Å². The molecule has 1 aromatic carbocycles. The van der Waals surface area contributed by atoms with Crippen molar-refractivity contribution in [2.24, 2.45) is 18.1 Å². The number of nitroso groups, excluding NO2 is 1. The summed E-state index contributed by atoms with van der Waals surface area (Å²) in [5.41, 5.74) is 2.35. The molecule has 1 aliphatic carbocycles. The molecule has 3 rings (SSSR count). The van der Waals surface area contributed by atoms with Crippen molar-refractivity contribution in [3.8, 4) is 0 Å². The summed E-state index contributed by atoms with van der Waals surface area (Å²) in [5.74, 6) is 0.953. The molecule has 1 aromatic heterocycles. The van der Waals surface area contributed by atoms with Crippen LogP contribution in [0.4, 0.5) is 0 Å². The number of hydrogen-bond acceptors (Lipinski definition) is 3. The summed E-state index contributed by atoms with van der Waals surface area (Å²) in [6.45, 7) is 0.446. The predicted octanol–water partition coefficient (Wildman–Crippen LogP) is 2.44. The van der Waals surface area contributed by atoms with E-state index in [0.717, 1.165) is 11.9 Å². The second-order valence-corrected chi connectivity index (χ2v) is 4.50. The van der Waals surface area contributed by atoms with Crippen molar-refractivity contribution in [1.82, 2.24) is 9.78 Å². The Labute approximate surface area is 93.2 Å². The van der Waals surface area contributed by atoms with E-state index in [4.69, 9.17) is 0 Å². The lowest BCUT2D eigenvalue weighted by molar-refractivity contribution is 0.779. The van der Waals surface area contributed by atoms with Gasteiger partial charge >= 0.3 is 0 Å². The number of fused-ring (bicyclic) bond motifs is 1. The molecule has 1 heterocycles. The minimum atomic E-state index is 0.446. The molecule has 0 N–H and O–H groups in total. The Hall–Kier alpha value is -1.71. The van der Waals surface area contributed by atoms with Gasteiger partial charge < -0.3 is 0 Å². The lowest BCUT2D eigenvalue weighted by Gasteiger charge is -1.99. The maximum Gasteiger partial charge on any atom is 0.0926 e. The second kappa shape index (κ2) is 3.40. The van der Waals surface area contributed by atoms with Crippen molar-refractivity contribution in [3.05, 3.63) is 34.9 Å². The lowest BCUT2D eigenvalue weighted by atomic mass is 10.0. The molecule has 2 unspecified atom stereocenters. The second-order valence-electron chi connectivity index (χ2n) is 4.50. The number of nitrogens with zero attached hydrogens (tertiary/aromatic N) is 3. The number of hydrogen-bond donors (Lipinski definition) is 0. The Morgan fingerprint density at radius 2 is 2.44 bits per heavy atom. The molecule has 1 aliphatic rings.